The van der Waals surface area contributed by atoms with Gasteiger partial charge in [0.25, 0.3) is 0 Å². The molecule has 0 amide bonds. The Labute approximate surface area is 83.9 Å². The van der Waals surface area contributed by atoms with Crippen molar-refractivity contribution in [1.82, 2.24) is 0 Å². The summed E-state index contributed by atoms with van der Waals surface area (Å²) in [7, 11) is 0. The van der Waals surface area contributed by atoms with Gasteiger partial charge in [0, 0.05) is 11.6 Å². The van der Waals surface area contributed by atoms with E-state index in [0.29, 0.717) is 6.08 Å². The Morgan fingerprint density at radius 1 is 1.40 bits per heavy atom. The lowest BCUT2D eigenvalue weighted by molar-refractivity contribution is -0.131. The van der Waals surface area contributed by atoms with Crippen LogP contribution >= 0.6 is 0 Å². The minimum atomic E-state index is -1.26. The third-order valence-electron chi connectivity index (χ3n) is 1.61. The zero-order valence-corrected chi connectivity index (χ0v) is 7.37. The first kappa shape index (κ1) is 10.9. The molecule has 15 heavy (non-hydrogen) atoms. The highest BCUT2D eigenvalue weighted by Crippen LogP contribution is 2.15. The molecule has 0 unspecified atom stereocenters. The van der Waals surface area contributed by atoms with Gasteiger partial charge in [0.05, 0.1) is 5.56 Å². The average molecular weight is 209 g/mol. The summed E-state index contributed by atoms with van der Waals surface area (Å²) < 4.78 is 26.1. The Kier molecular flexibility index (Phi) is 3.13. The Balaban J connectivity index is 3.18. The zero-order valence-electron chi connectivity index (χ0n) is 7.37. The molecule has 0 saturated carbocycles. The van der Waals surface area contributed by atoms with Crippen molar-refractivity contribution >= 4 is 12.0 Å². The Morgan fingerprint density at radius 2 is 2.07 bits per heavy atom. The molecule has 0 spiro atoms. The number of rotatable bonds is 2. The zero-order chi connectivity index (χ0) is 11.4. The molecule has 0 radical (unpaired) electrons. The summed E-state index contributed by atoms with van der Waals surface area (Å²) in [5.74, 6) is -2.99. The van der Waals surface area contributed by atoms with E-state index >= 15 is 0 Å². The molecule has 0 aliphatic carbocycles. The van der Waals surface area contributed by atoms with Crippen molar-refractivity contribution in [1.29, 1.82) is 5.26 Å². The molecule has 0 aliphatic rings. The number of benzene rings is 1. The van der Waals surface area contributed by atoms with E-state index in [1.165, 1.54) is 6.07 Å². The van der Waals surface area contributed by atoms with Gasteiger partial charge in [0.2, 0.25) is 0 Å². The topological polar surface area (TPSA) is 61.1 Å². The van der Waals surface area contributed by atoms with Crippen LogP contribution in [0.3, 0.4) is 0 Å². The largest absolute Gasteiger partial charge is 0.478 e. The third kappa shape index (κ3) is 2.61. The van der Waals surface area contributed by atoms with E-state index in [1.807, 2.05) is 0 Å². The minimum Gasteiger partial charge on any atom is -0.478 e. The van der Waals surface area contributed by atoms with Crippen molar-refractivity contribution in [2.24, 2.45) is 0 Å². The first-order chi connectivity index (χ1) is 7.04. The molecule has 1 aromatic carbocycles. The maximum atomic E-state index is 13.1. The van der Waals surface area contributed by atoms with Crippen molar-refractivity contribution in [3.63, 3.8) is 0 Å². The van der Waals surface area contributed by atoms with E-state index in [0.717, 1.165) is 18.2 Å². The highest BCUT2D eigenvalue weighted by atomic mass is 19.1. The minimum absolute atomic E-state index is 0.214. The van der Waals surface area contributed by atoms with E-state index in [2.05, 4.69) is 0 Å². The van der Waals surface area contributed by atoms with Crippen LogP contribution in [-0.4, -0.2) is 11.1 Å². The standard InChI is InChI=1S/C10H5F2NO2/c11-8-4-7(5-13)9(12)3-6(8)1-2-10(14)15/h1-4H,(H,14,15)/b2-1+. The maximum absolute atomic E-state index is 13.1. The molecular weight excluding hydrogens is 204 g/mol. The molecule has 76 valence electrons. The van der Waals surface area contributed by atoms with Gasteiger partial charge in [-0.2, -0.15) is 5.26 Å². The molecule has 0 aliphatic heterocycles. The molecule has 1 rings (SSSR count). The van der Waals surface area contributed by atoms with Crippen LogP contribution in [0.5, 0.6) is 0 Å². The number of hydrogen-bond donors (Lipinski definition) is 1. The molecule has 5 heteroatoms. The summed E-state index contributed by atoms with van der Waals surface area (Å²) >= 11 is 0. The fourth-order valence-corrected chi connectivity index (χ4v) is 0.937. The van der Waals surface area contributed by atoms with Gasteiger partial charge in [0.15, 0.2) is 0 Å². The van der Waals surface area contributed by atoms with Gasteiger partial charge in [-0.3, -0.25) is 0 Å². The number of halogens is 2. The summed E-state index contributed by atoms with van der Waals surface area (Å²) in [6.07, 6.45) is 1.60. The van der Waals surface area contributed by atoms with Gasteiger partial charge >= 0.3 is 5.97 Å². The van der Waals surface area contributed by atoms with Gasteiger partial charge in [-0.15, -0.1) is 0 Å². The van der Waals surface area contributed by atoms with E-state index in [4.69, 9.17) is 10.4 Å². The van der Waals surface area contributed by atoms with Crippen LogP contribution < -0.4 is 0 Å². The molecule has 0 saturated heterocycles. The van der Waals surface area contributed by atoms with Crippen molar-refractivity contribution in [3.05, 3.63) is 41.0 Å². The predicted molar refractivity (Wildman–Crippen MR) is 47.7 cm³/mol. The van der Waals surface area contributed by atoms with E-state index < -0.39 is 23.2 Å². The highest BCUT2D eigenvalue weighted by Gasteiger charge is 2.07. The molecule has 3 nitrogen and oxygen atoms in total. The van der Waals surface area contributed by atoms with Crippen LogP contribution in [0.2, 0.25) is 0 Å². The van der Waals surface area contributed by atoms with Crippen molar-refractivity contribution in [2.75, 3.05) is 0 Å². The fraction of sp³-hybridized carbons (Fsp3) is 0. The number of hydrogen-bond acceptors (Lipinski definition) is 2. The second-order valence-corrected chi connectivity index (χ2v) is 2.64. The van der Waals surface area contributed by atoms with Crippen LogP contribution in [0.1, 0.15) is 11.1 Å². The summed E-state index contributed by atoms with van der Waals surface area (Å²) in [4.78, 5) is 10.1. The van der Waals surface area contributed by atoms with Gasteiger partial charge in [-0.1, -0.05) is 0 Å². The SMILES string of the molecule is N#Cc1cc(F)c(/C=C/C(=O)O)cc1F. The predicted octanol–water partition coefficient (Wildman–Crippen LogP) is 1.93. The maximum Gasteiger partial charge on any atom is 0.328 e. The third-order valence-corrected chi connectivity index (χ3v) is 1.61. The lowest BCUT2D eigenvalue weighted by Crippen LogP contribution is -1.92. The van der Waals surface area contributed by atoms with Crippen LogP contribution in [0, 0.1) is 23.0 Å². The summed E-state index contributed by atoms with van der Waals surface area (Å²) in [6.45, 7) is 0. The Hall–Kier alpha value is -2.22. The van der Waals surface area contributed by atoms with Crippen LogP contribution in [0.15, 0.2) is 18.2 Å². The molecule has 1 N–H and O–H groups in total. The first-order valence-corrected chi connectivity index (χ1v) is 3.84. The molecule has 0 aromatic heterocycles. The highest BCUT2D eigenvalue weighted by molar-refractivity contribution is 5.85. The van der Waals surface area contributed by atoms with E-state index in [1.54, 1.807) is 0 Å². The number of nitrogens with zero attached hydrogens (tertiary/aromatic N) is 1. The Bertz CT molecular complexity index is 475. The lowest BCUT2D eigenvalue weighted by Gasteiger charge is -1.98. The lowest BCUT2D eigenvalue weighted by atomic mass is 10.1. The van der Waals surface area contributed by atoms with E-state index in [-0.39, 0.29) is 5.56 Å². The van der Waals surface area contributed by atoms with Gasteiger partial charge in [-0.05, 0) is 18.2 Å². The Morgan fingerprint density at radius 3 is 2.60 bits per heavy atom. The van der Waals surface area contributed by atoms with Crippen molar-refractivity contribution < 1.29 is 18.7 Å². The van der Waals surface area contributed by atoms with Gasteiger partial charge in [-0.25, -0.2) is 13.6 Å². The number of aliphatic carboxylic acids is 1. The van der Waals surface area contributed by atoms with Gasteiger partial charge in [0.1, 0.15) is 17.7 Å². The van der Waals surface area contributed by atoms with E-state index in [9.17, 15) is 13.6 Å². The summed E-state index contributed by atoms with van der Waals surface area (Å²) in [6, 6.07) is 2.96. The molecule has 1 aromatic rings. The van der Waals surface area contributed by atoms with Gasteiger partial charge < -0.3 is 5.11 Å². The monoisotopic (exact) mass is 209 g/mol. The van der Waals surface area contributed by atoms with Crippen LogP contribution in [0.4, 0.5) is 8.78 Å². The molecular formula is C10H5F2NO2. The normalized spacial score (nSPS) is 10.2. The summed E-state index contributed by atoms with van der Waals surface area (Å²) in [5.41, 5.74) is -0.631. The number of carboxylic acids is 1. The second kappa shape index (κ2) is 4.33. The second-order valence-electron chi connectivity index (χ2n) is 2.64. The van der Waals surface area contributed by atoms with Crippen molar-refractivity contribution in [2.45, 2.75) is 0 Å². The average Bonchev–Trinajstić information content (AvgIpc) is 2.18. The summed E-state index contributed by atoms with van der Waals surface area (Å²) in [5, 5.41) is 16.7. The number of carbonyl (C=O) groups is 1. The number of carboxylic acid groups (broad SMARTS) is 1. The fourth-order valence-electron chi connectivity index (χ4n) is 0.937. The molecule has 0 fully saturated rings. The first-order valence-electron chi connectivity index (χ1n) is 3.84. The molecule has 0 heterocycles. The smallest absolute Gasteiger partial charge is 0.328 e. The van der Waals surface area contributed by atoms with Crippen LogP contribution in [0.25, 0.3) is 6.08 Å². The van der Waals surface area contributed by atoms with Crippen molar-refractivity contribution in [3.8, 4) is 6.07 Å². The molecule has 0 bridgehead atoms. The van der Waals surface area contributed by atoms with Crippen LogP contribution in [-0.2, 0) is 4.79 Å². The quantitative estimate of drug-likeness (QED) is 0.757. The molecule has 0 atom stereocenters. The number of nitriles is 1.